The first-order chi connectivity index (χ1) is 8.63. The van der Waals surface area contributed by atoms with Crippen LogP contribution in [0.4, 0.5) is 11.4 Å². The van der Waals surface area contributed by atoms with E-state index in [0.717, 1.165) is 30.9 Å². The van der Waals surface area contributed by atoms with Crippen LogP contribution in [0.3, 0.4) is 0 Å². The number of ether oxygens (including phenoxy) is 1. The maximum absolute atomic E-state index is 5.83. The molecule has 0 saturated carbocycles. The lowest BCUT2D eigenvalue weighted by atomic mass is 10.2. The van der Waals surface area contributed by atoms with Gasteiger partial charge in [-0.25, -0.2) is 0 Å². The van der Waals surface area contributed by atoms with Gasteiger partial charge in [0.2, 0.25) is 0 Å². The van der Waals surface area contributed by atoms with Gasteiger partial charge in [-0.2, -0.15) is 0 Å². The minimum Gasteiger partial charge on any atom is -0.492 e. The van der Waals surface area contributed by atoms with Gasteiger partial charge in [0.25, 0.3) is 0 Å². The van der Waals surface area contributed by atoms with Gasteiger partial charge in [-0.05, 0) is 52.5 Å². The maximum atomic E-state index is 5.83. The van der Waals surface area contributed by atoms with E-state index >= 15 is 0 Å². The normalized spacial score (nSPS) is 10.7. The summed E-state index contributed by atoms with van der Waals surface area (Å²) in [6.45, 7) is 4.70. The lowest BCUT2D eigenvalue weighted by Crippen LogP contribution is -2.14. The summed E-state index contributed by atoms with van der Waals surface area (Å²) in [4.78, 5) is 2.20. The Morgan fingerprint density at radius 2 is 2.06 bits per heavy atom. The molecule has 0 saturated heterocycles. The Hall–Kier alpha value is -1.42. The number of benzene rings is 1. The van der Waals surface area contributed by atoms with Crippen LogP contribution in [0, 0.1) is 0 Å². The van der Waals surface area contributed by atoms with Crippen LogP contribution in [-0.2, 0) is 0 Å². The molecular weight excluding hydrogens is 226 g/mol. The highest BCUT2D eigenvalue weighted by Crippen LogP contribution is 2.25. The van der Waals surface area contributed by atoms with E-state index in [9.17, 15) is 0 Å². The number of unbranched alkanes of at least 4 members (excludes halogenated alkanes) is 1. The monoisotopic (exact) mass is 251 g/mol. The third kappa shape index (κ3) is 5.27. The van der Waals surface area contributed by atoms with Gasteiger partial charge in [-0.15, -0.1) is 0 Å². The van der Waals surface area contributed by atoms with Gasteiger partial charge in [-0.1, -0.05) is 0 Å². The second-order valence-electron chi connectivity index (χ2n) is 4.62. The molecule has 0 amide bonds. The van der Waals surface area contributed by atoms with E-state index in [1.807, 2.05) is 25.1 Å². The predicted octanol–water partition coefficient (Wildman–Crippen LogP) is 2.42. The Kier molecular flexibility index (Phi) is 6.36. The SMILES string of the molecule is CCOc1cc(NCCCCN(C)C)ccc1N. The van der Waals surface area contributed by atoms with Crippen LogP contribution in [0.25, 0.3) is 0 Å². The van der Waals surface area contributed by atoms with Crippen LogP contribution in [0.5, 0.6) is 5.75 Å². The molecule has 4 nitrogen and oxygen atoms in total. The predicted molar refractivity (Wildman–Crippen MR) is 78.3 cm³/mol. The summed E-state index contributed by atoms with van der Waals surface area (Å²) in [6, 6.07) is 5.84. The van der Waals surface area contributed by atoms with E-state index in [2.05, 4.69) is 24.3 Å². The van der Waals surface area contributed by atoms with Crippen molar-refractivity contribution in [2.45, 2.75) is 19.8 Å². The van der Waals surface area contributed by atoms with Crippen molar-refractivity contribution in [3.05, 3.63) is 18.2 Å². The van der Waals surface area contributed by atoms with Gasteiger partial charge in [0.1, 0.15) is 5.75 Å². The minimum atomic E-state index is 0.635. The summed E-state index contributed by atoms with van der Waals surface area (Å²) < 4.78 is 5.46. The van der Waals surface area contributed by atoms with E-state index in [1.165, 1.54) is 6.42 Å². The smallest absolute Gasteiger partial charge is 0.144 e. The summed E-state index contributed by atoms with van der Waals surface area (Å²) >= 11 is 0. The number of nitrogen functional groups attached to an aromatic ring is 1. The highest BCUT2D eigenvalue weighted by Gasteiger charge is 2.01. The van der Waals surface area contributed by atoms with Crippen molar-refractivity contribution in [3.8, 4) is 5.75 Å². The molecule has 0 aromatic heterocycles. The van der Waals surface area contributed by atoms with E-state index in [1.54, 1.807) is 0 Å². The average molecular weight is 251 g/mol. The van der Waals surface area contributed by atoms with Crippen molar-refractivity contribution < 1.29 is 4.74 Å². The van der Waals surface area contributed by atoms with Crippen molar-refractivity contribution in [2.24, 2.45) is 0 Å². The average Bonchev–Trinajstić information content (AvgIpc) is 2.32. The first kappa shape index (κ1) is 14.6. The third-order valence-corrected chi connectivity index (χ3v) is 2.67. The van der Waals surface area contributed by atoms with E-state index < -0.39 is 0 Å². The molecule has 0 radical (unpaired) electrons. The van der Waals surface area contributed by atoms with Gasteiger partial charge < -0.3 is 20.7 Å². The van der Waals surface area contributed by atoms with E-state index in [4.69, 9.17) is 10.5 Å². The molecule has 0 heterocycles. The molecule has 1 rings (SSSR count). The number of nitrogens with two attached hydrogens (primary N) is 1. The molecule has 0 aliphatic carbocycles. The minimum absolute atomic E-state index is 0.635. The summed E-state index contributed by atoms with van der Waals surface area (Å²) in [6.07, 6.45) is 2.36. The van der Waals surface area contributed by atoms with Gasteiger partial charge in [-0.3, -0.25) is 0 Å². The highest BCUT2D eigenvalue weighted by molar-refractivity contribution is 5.61. The summed E-state index contributed by atoms with van der Waals surface area (Å²) in [5, 5.41) is 3.39. The van der Waals surface area contributed by atoms with Crippen LogP contribution in [0.1, 0.15) is 19.8 Å². The molecule has 102 valence electrons. The second-order valence-corrected chi connectivity index (χ2v) is 4.62. The van der Waals surface area contributed by atoms with Crippen molar-refractivity contribution in [1.82, 2.24) is 4.90 Å². The molecule has 0 spiro atoms. The molecule has 4 heteroatoms. The third-order valence-electron chi connectivity index (χ3n) is 2.67. The zero-order chi connectivity index (χ0) is 13.4. The molecule has 0 aliphatic heterocycles. The van der Waals surface area contributed by atoms with Gasteiger partial charge in [0, 0.05) is 18.3 Å². The number of nitrogens with zero attached hydrogens (tertiary/aromatic N) is 1. The molecule has 0 unspecified atom stereocenters. The molecule has 18 heavy (non-hydrogen) atoms. The van der Waals surface area contributed by atoms with E-state index in [-0.39, 0.29) is 0 Å². The summed E-state index contributed by atoms with van der Waals surface area (Å²) in [5.74, 6) is 0.760. The Balaban J connectivity index is 2.35. The molecule has 1 aromatic rings. The standard InChI is InChI=1S/C14H25N3O/c1-4-18-14-11-12(7-8-13(14)15)16-9-5-6-10-17(2)3/h7-8,11,16H,4-6,9-10,15H2,1-3H3. The number of anilines is 2. The topological polar surface area (TPSA) is 50.5 Å². The van der Waals surface area contributed by atoms with Crippen LogP contribution in [0.15, 0.2) is 18.2 Å². The van der Waals surface area contributed by atoms with Crippen LogP contribution >= 0.6 is 0 Å². The Morgan fingerprint density at radius 1 is 1.28 bits per heavy atom. The Morgan fingerprint density at radius 3 is 2.72 bits per heavy atom. The van der Waals surface area contributed by atoms with Gasteiger partial charge in [0.15, 0.2) is 0 Å². The molecule has 0 aliphatic rings. The lowest BCUT2D eigenvalue weighted by Gasteiger charge is -2.12. The van der Waals surface area contributed by atoms with Gasteiger partial charge in [0.05, 0.1) is 12.3 Å². The van der Waals surface area contributed by atoms with Crippen molar-refractivity contribution >= 4 is 11.4 Å². The maximum Gasteiger partial charge on any atom is 0.144 e. The van der Waals surface area contributed by atoms with Crippen molar-refractivity contribution in [2.75, 3.05) is 44.8 Å². The Bertz CT molecular complexity index is 353. The zero-order valence-corrected chi connectivity index (χ0v) is 11.7. The summed E-state index contributed by atoms with van der Waals surface area (Å²) in [5.41, 5.74) is 7.58. The molecule has 3 N–H and O–H groups in total. The van der Waals surface area contributed by atoms with Crippen molar-refractivity contribution in [3.63, 3.8) is 0 Å². The van der Waals surface area contributed by atoms with E-state index in [0.29, 0.717) is 12.3 Å². The lowest BCUT2D eigenvalue weighted by molar-refractivity contribution is 0.342. The fraction of sp³-hybridized carbons (Fsp3) is 0.571. The van der Waals surface area contributed by atoms with Crippen LogP contribution in [0.2, 0.25) is 0 Å². The molecular formula is C14H25N3O. The number of hydrogen-bond acceptors (Lipinski definition) is 4. The second kappa shape index (κ2) is 7.82. The van der Waals surface area contributed by atoms with Crippen LogP contribution < -0.4 is 15.8 Å². The number of rotatable bonds is 8. The first-order valence-corrected chi connectivity index (χ1v) is 6.54. The number of nitrogens with one attached hydrogen (secondary N) is 1. The van der Waals surface area contributed by atoms with Crippen LogP contribution in [-0.4, -0.2) is 38.7 Å². The number of hydrogen-bond donors (Lipinski definition) is 2. The first-order valence-electron chi connectivity index (χ1n) is 6.54. The zero-order valence-electron chi connectivity index (χ0n) is 11.7. The van der Waals surface area contributed by atoms with Crippen molar-refractivity contribution in [1.29, 1.82) is 0 Å². The fourth-order valence-corrected chi connectivity index (χ4v) is 1.71. The summed E-state index contributed by atoms with van der Waals surface area (Å²) in [7, 11) is 4.20. The van der Waals surface area contributed by atoms with Gasteiger partial charge >= 0.3 is 0 Å². The highest BCUT2D eigenvalue weighted by atomic mass is 16.5. The molecule has 0 fully saturated rings. The Labute approximate surface area is 110 Å². The largest absolute Gasteiger partial charge is 0.492 e. The molecule has 0 atom stereocenters. The molecule has 0 bridgehead atoms. The molecule has 1 aromatic carbocycles. The quantitative estimate of drug-likeness (QED) is 0.550. The fourth-order valence-electron chi connectivity index (χ4n) is 1.71.